The number of amides is 1. The predicted octanol–water partition coefficient (Wildman–Crippen LogP) is -0.549. The fraction of sp³-hybridized carbons (Fsp3) is 0.900. The van der Waals surface area contributed by atoms with Crippen LogP contribution in [0.1, 0.15) is 6.92 Å². The number of carbonyl (C=O) groups is 1. The van der Waals surface area contributed by atoms with Gasteiger partial charge in [-0.05, 0) is 13.2 Å². The zero-order valence-corrected chi connectivity index (χ0v) is 11.0. The maximum absolute atomic E-state index is 11.4. The highest BCUT2D eigenvalue weighted by molar-refractivity contribution is 7.99. The third-order valence-corrected chi connectivity index (χ3v) is 3.36. The highest BCUT2D eigenvalue weighted by Gasteiger charge is 2.16. The number of methoxy groups -OCH3 is 1. The molecule has 0 aliphatic rings. The maximum Gasteiger partial charge on any atom is 0.234 e. The van der Waals surface area contributed by atoms with Crippen LogP contribution in [0.3, 0.4) is 0 Å². The van der Waals surface area contributed by atoms with Crippen molar-refractivity contribution in [2.75, 3.05) is 39.7 Å². The van der Waals surface area contributed by atoms with E-state index in [4.69, 9.17) is 9.84 Å². The maximum atomic E-state index is 11.4. The summed E-state index contributed by atoms with van der Waals surface area (Å²) in [6.07, 6.45) is 1.92. The molecule has 0 heterocycles. The number of hydrogen-bond acceptors (Lipinski definition) is 5. The first kappa shape index (κ1) is 15.7. The van der Waals surface area contributed by atoms with Crippen LogP contribution in [0.5, 0.6) is 0 Å². The van der Waals surface area contributed by atoms with E-state index >= 15 is 0 Å². The smallest absolute Gasteiger partial charge is 0.234 e. The number of rotatable bonds is 9. The summed E-state index contributed by atoms with van der Waals surface area (Å²) in [6.45, 7) is 3.49. The van der Waals surface area contributed by atoms with E-state index in [9.17, 15) is 4.79 Å². The second-order valence-electron chi connectivity index (χ2n) is 3.48. The fourth-order valence-corrected chi connectivity index (χ4v) is 1.84. The van der Waals surface area contributed by atoms with Crippen molar-refractivity contribution in [3.63, 3.8) is 0 Å². The Hall–Kier alpha value is -0.300. The van der Waals surface area contributed by atoms with Gasteiger partial charge in [-0.25, -0.2) is 0 Å². The van der Waals surface area contributed by atoms with Crippen LogP contribution in [0.2, 0.25) is 0 Å². The molecule has 1 amide bonds. The topological polar surface area (TPSA) is 70.6 Å². The van der Waals surface area contributed by atoms with E-state index in [0.717, 1.165) is 0 Å². The van der Waals surface area contributed by atoms with Crippen LogP contribution in [0.25, 0.3) is 0 Å². The summed E-state index contributed by atoms with van der Waals surface area (Å²) in [5.41, 5.74) is 0. The van der Waals surface area contributed by atoms with Gasteiger partial charge >= 0.3 is 0 Å². The number of thioether (sulfide) groups is 1. The Morgan fingerprint density at radius 1 is 1.56 bits per heavy atom. The standard InChI is InChI=1S/C10H22N2O3S/c1-8(9(7-13)16-3)12-10(14)6-11-4-5-15-2/h8-9,11,13H,4-7H2,1-3H3,(H,12,14). The normalized spacial score (nSPS) is 14.5. The molecule has 0 saturated heterocycles. The lowest BCUT2D eigenvalue weighted by Crippen LogP contribution is -2.45. The van der Waals surface area contributed by atoms with E-state index in [2.05, 4.69) is 10.6 Å². The van der Waals surface area contributed by atoms with Gasteiger partial charge in [-0.2, -0.15) is 11.8 Å². The summed E-state index contributed by atoms with van der Waals surface area (Å²) in [5, 5.41) is 14.9. The van der Waals surface area contributed by atoms with Gasteiger partial charge in [0.05, 0.1) is 19.8 Å². The van der Waals surface area contributed by atoms with Gasteiger partial charge in [-0.1, -0.05) is 0 Å². The number of aliphatic hydroxyl groups excluding tert-OH is 1. The molecule has 0 fully saturated rings. The number of aliphatic hydroxyl groups is 1. The summed E-state index contributed by atoms with van der Waals surface area (Å²) in [7, 11) is 1.62. The first-order valence-electron chi connectivity index (χ1n) is 5.28. The Morgan fingerprint density at radius 3 is 2.75 bits per heavy atom. The average molecular weight is 250 g/mol. The van der Waals surface area contributed by atoms with Crippen LogP contribution in [-0.2, 0) is 9.53 Å². The van der Waals surface area contributed by atoms with Crippen molar-refractivity contribution in [1.82, 2.24) is 10.6 Å². The van der Waals surface area contributed by atoms with Crippen LogP contribution in [-0.4, -0.2) is 62.0 Å². The van der Waals surface area contributed by atoms with Gasteiger partial charge in [0.2, 0.25) is 5.91 Å². The molecule has 0 aromatic carbocycles. The van der Waals surface area contributed by atoms with E-state index in [1.165, 1.54) is 0 Å². The van der Waals surface area contributed by atoms with E-state index < -0.39 is 0 Å². The van der Waals surface area contributed by atoms with Gasteiger partial charge in [-0.3, -0.25) is 4.79 Å². The minimum atomic E-state index is -0.0592. The molecular weight excluding hydrogens is 228 g/mol. The molecule has 0 saturated carbocycles. The second-order valence-corrected chi connectivity index (χ2v) is 4.56. The molecule has 0 aromatic rings. The van der Waals surface area contributed by atoms with Crippen molar-refractivity contribution >= 4 is 17.7 Å². The average Bonchev–Trinajstić information content (AvgIpc) is 2.26. The molecule has 2 atom stereocenters. The van der Waals surface area contributed by atoms with Crippen LogP contribution in [0.4, 0.5) is 0 Å². The predicted molar refractivity (Wildman–Crippen MR) is 66.7 cm³/mol. The molecule has 0 radical (unpaired) electrons. The van der Waals surface area contributed by atoms with E-state index in [1.54, 1.807) is 18.9 Å². The number of hydrogen-bond donors (Lipinski definition) is 3. The number of ether oxygens (including phenoxy) is 1. The van der Waals surface area contributed by atoms with Gasteiger partial charge in [0.25, 0.3) is 0 Å². The van der Waals surface area contributed by atoms with Crippen molar-refractivity contribution in [1.29, 1.82) is 0 Å². The summed E-state index contributed by atoms with van der Waals surface area (Å²) >= 11 is 1.55. The van der Waals surface area contributed by atoms with Crippen LogP contribution < -0.4 is 10.6 Å². The lowest BCUT2D eigenvalue weighted by molar-refractivity contribution is -0.120. The summed E-state index contributed by atoms with van der Waals surface area (Å²) in [5.74, 6) is -0.0592. The lowest BCUT2D eigenvalue weighted by Gasteiger charge is -2.21. The molecule has 16 heavy (non-hydrogen) atoms. The number of nitrogens with one attached hydrogen (secondary N) is 2. The van der Waals surface area contributed by atoms with Crippen molar-refractivity contribution in [2.45, 2.75) is 18.2 Å². The van der Waals surface area contributed by atoms with E-state index in [1.807, 2.05) is 13.2 Å². The van der Waals surface area contributed by atoms with Gasteiger partial charge in [-0.15, -0.1) is 0 Å². The zero-order chi connectivity index (χ0) is 12.4. The Balaban J connectivity index is 3.68. The molecular formula is C10H22N2O3S. The van der Waals surface area contributed by atoms with Crippen LogP contribution >= 0.6 is 11.8 Å². The van der Waals surface area contributed by atoms with Crippen molar-refractivity contribution in [3.8, 4) is 0 Å². The summed E-state index contributed by atoms with van der Waals surface area (Å²) in [4.78, 5) is 11.4. The molecule has 0 aliphatic heterocycles. The summed E-state index contributed by atoms with van der Waals surface area (Å²) in [6, 6.07) is -0.0308. The molecule has 5 nitrogen and oxygen atoms in total. The van der Waals surface area contributed by atoms with E-state index in [-0.39, 0.29) is 30.4 Å². The molecule has 96 valence electrons. The molecule has 3 N–H and O–H groups in total. The molecule has 0 aromatic heterocycles. The summed E-state index contributed by atoms with van der Waals surface area (Å²) < 4.78 is 4.85. The monoisotopic (exact) mass is 250 g/mol. The lowest BCUT2D eigenvalue weighted by atomic mass is 10.2. The second kappa shape index (κ2) is 9.89. The van der Waals surface area contributed by atoms with Gasteiger partial charge < -0.3 is 20.5 Å². The molecule has 0 bridgehead atoms. The van der Waals surface area contributed by atoms with Gasteiger partial charge in [0.15, 0.2) is 0 Å². The molecule has 6 heteroatoms. The molecule has 0 rings (SSSR count). The third kappa shape index (κ3) is 7.05. The minimum Gasteiger partial charge on any atom is -0.395 e. The number of carbonyl (C=O) groups excluding carboxylic acids is 1. The van der Waals surface area contributed by atoms with Crippen LogP contribution in [0, 0.1) is 0 Å². The highest BCUT2D eigenvalue weighted by Crippen LogP contribution is 2.09. The first-order chi connectivity index (χ1) is 7.65. The largest absolute Gasteiger partial charge is 0.395 e. The van der Waals surface area contributed by atoms with Crippen LogP contribution in [0.15, 0.2) is 0 Å². The highest BCUT2D eigenvalue weighted by atomic mass is 32.2. The fourth-order valence-electron chi connectivity index (χ4n) is 1.21. The van der Waals surface area contributed by atoms with Gasteiger partial charge in [0.1, 0.15) is 0 Å². The Labute approximate surface area is 101 Å². The Morgan fingerprint density at radius 2 is 2.25 bits per heavy atom. The quantitative estimate of drug-likeness (QED) is 0.479. The first-order valence-corrected chi connectivity index (χ1v) is 6.57. The third-order valence-electron chi connectivity index (χ3n) is 2.20. The Bertz CT molecular complexity index is 189. The van der Waals surface area contributed by atoms with Gasteiger partial charge in [0, 0.05) is 24.9 Å². The minimum absolute atomic E-state index is 0.0308. The van der Waals surface area contributed by atoms with E-state index in [0.29, 0.717) is 13.2 Å². The molecule has 0 spiro atoms. The Kier molecular flexibility index (Phi) is 9.71. The van der Waals surface area contributed by atoms with Crippen molar-refractivity contribution in [3.05, 3.63) is 0 Å². The SMILES string of the molecule is COCCNCC(=O)NC(C)C(CO)SC. The van der Waals surface area contributed by atoms with Crippen molar-refractivity contribution in [2.24, 2.45) is 0 Å². The molecule has 2 unspecified atom stereocenters. The van der Waals surface area contributed by atoms with Crippen molar-refractivity contribution < 1.29 is 14.6 Å². The zero-order valence-electron chi connectivity index (χ0n) is 10.2. The molecule has 0 aliphatic carbocycles.